The number of benzene rings is 4. The minimum atomic E-state index is -4.21. The van der Waals surface area contributed by atoms with Gasteiger partial charge in [-0.05, 0) is 68.3 Å². The summed E-state index contributed by atoms with van der Waals surface area (Å²) in [5.74, 6) is -0.521. The fourth-order valence-electron chi connectivity index (χ4n) is 4.91. The molecule has 0 fully saturated rings. The first-order chi connectivity index (χ1) is 24.6. The third-order valence-corrected chi connectivity index (χ3v) is 8.23. The fraction of sp³-hybridized carbons (Fsp3) is 0.286. The average molecular weight is 794 g/mol. The van der Waals surface area contributed by atoms with Gasteiger partial charge in [-0.3, -0.25) is 5.32 Å². The van der Waals surface area contributed by atoms with E-state index in [1.807, 2.05) is 0 Å². The molecule has 0 aliphatic carbocycles. The number of hydrogen-bond donors (Lipinski definition) is 1. The van der Waals surface area contributed by atoms with Crippen LogP contribution in [-0.2, 0) is 41.7 Å². The van der Waals surface area contributed by atoms with E-state index in [-0.39, 0.29) is 52.2 Å². The molecule has 0 aliphatic rings. The molecule has 0 spiro atoms. The molecule has 53 heavy (non-hydrogen) atoms. The summed E-state index contributed by atoms with van der Waals surface area (Å²) in [5.41, 5.74) is 1.14. The number of amides is 1. The zero-order chi connectivity index (χ0) is 39.4. The minimum Gasteiger partial charge on any atom is -0.496 e. The Morgan fingerprint density at radius 1 is 0.660 bits per heavy atom. The lowest BCUT2D eigenvalue weighted by Gasteiger charge is -2.21. The molecule has 0 bridgehead atoms. The Morgan fingerprint density at radius 3 is 1.83 bits per heavy atom. The number of nitrogens with one attached hydrogen (secondary N) is 1. The molecule has 4 aromatic carbocycles. The van der Waals surface area contributed by atoms with Crippen LogP contribution in [-0.4, -0.2) is 69.9 Å². The molecule has 0 heterocycles. The van der Waals surface area contributed by atoms with Crippen LogP contribution in [0.15, 0.2) is 72.8 Å². The van der Waals surface area contributed by atoms with Crippen LogP contribution in [0.25, 0.3) is 22.3 Å². The van der Waals surface area contributed by atoms with E-state index in [1.54, 1.807) is 45.0 Å². The van der Waals surface area contributed by atoms with Gasteiger partial charge in [-0.25, -0.2) is 4.79 Å². The first-order valence-electron chi connectivity index (χ1n) is 15.5. The van der Waals surface area contributed by atoms with Gasteiger partial charge in [-0.2, -0.15) is 25.3 Å². The van der Waals surface area contributed by atoms with E-state index < -0.39 is 42.0 Å². The largest absolute Gasteiger partial charge is 0.496 e. The van der Waals surface area contributed by atoms with Gasteiger partial charge in [-0.15, -0.1) is 0 Å². The summed E-state index contributed by atoms with van der Waals surface area (Å²) >= 11 is 0. The second-order valence-corrected chi connectivity index (χ2v) is 17.2. The van der Waals surface area contributed by atoms with Gasteiger partial charge in [0.1, 0.15) is 23.7 Å². The van der Waals surface area contributed by atoms with Crippen molar-refractivity contribution < 1.29 is 61.5 Å². The monoisotopic (exact) mass is 793 g/mol. The predicted octanol–water partition coefficient (Wildman–Crippen LogP) is 5.98. The first-order valence-corrected chi connectivity index (χ1v) is 20.9. The van der Waals surface area contributed by atoms with Gasteiger partial charge in [0.25, 0.3) is 0 Å². The van der Waals surface area contributed by atoms with Crippen molar-refractivity contribution in [2.24, 2.45) is 0 Å². The molecule has 1 amide bonds. The molecule has 4 aromatic rings. The molecule has 0 atom stereocenters. The molecule has 0 aromatic heterocycles. The molecular weight excluding hydrogens is 755 g/mol. The molecule has 0 saturated carbocycles. The molecular formula is C35H39NO14S3. The van der Waals surface area contributed by atoms with Crippen LogP contribution in [0.1, 0.15) is 26.3 Å². The van der Waals surface area contributed by atoms with Gasteiger partial charge >= 0.3 is 36.4 Å². The smallest absolute Gasteiger partial charge is 0.412 e. The quantitative estimate of drug-likeness (QED) is 0.146. The summed E-state index contributed by atoms with van der Waals surface area (Å²) in [6.07, 6.45) is 1.89. The van der Waals surface area contributed by atoms with Crippen molar-refractivity contribution in [1.29, 1.82) is 0 Å². The van der Waals surface area contributed by atoms with Gasteiger partial charge in [0.05, 0.1) is 44.2 Å². The van der Waals surface area contributed by atoms with Gasteiger partial charge in [0.2, 0.25) is 0 Å². The van der Waals surface area contributed by atoms with Crippen molar-refractivity contribution in [2.75, 3.05) is 38.3 Å². The van der Waals surface area contributed by atoms with Crippen molar-refractivity contribution >= 4 is 42.1 Å². The molecule has 0 aliphatic heterocycles. The van der Waals surface area contributed by atoms with Gasteiger partial charge in [0.15, 0.2) is 23.0 Å². The maximum Gasteiger partial charge on any atom is 0.412 e. The lowest BCUT2D eigenvalue weighted by molar-refractivity contribution is 0.0635. The summed E-state index contributed by atoms with van der Waals surface area (Å²) < 4.78 is 112. The van der Waals surface area contributed by atoms with E-state index in [9.17, 15) is 30.0 Å². The number of carbonyl (C=O) groups is 1. The second kappa shape index (κ2) is 15.8. The minimum absolute atomic E-state index is 0.0178. The summed E-state index contributed by atoms with van der Waals surface area (Å²) in [6.45, 7) is 5.03. The SMILES string of the molecule is COc1cc(-c2ccc(OS(C)(=O)=O)cc2)c(OC)c(OS(C)(=O)=O)c1-c1ccc(OCc2ccccc2NC(=O)OC(C)(C)C)c(OS(C)(=O)=O)c1. The van der Waals surface area contributed by atoms with Crippen LogP contribution in [0.2, 0.25) is 0 Å². The van der Waals surface area contributed by atoms with E-state index in [4.69, 9.17) is 31.5 Å². The van der Waals surface area contributed by atoms with Gasteiger partial charge in [-0.1, -0.05) is 36.4 Å². The molecule has 286 valence electrons. The lowest BCUT2D eigenvalue weighted by atomic mass is 9.96. The maximum atomic E-state index is 12.6. The van der Waals surface area contributed by atoms with E-state index in [0.29, 0.717) is 22.4 Å². The van der Waals surface area contributed by atoms with Crippen molar-refractivity contribution in [3.63, 3.8) is 0 Å². The topological polar surface area (TPSA) is 196 Å². The number of hydrogen-bond acceptors (Lipinski definition) is 14. The highest BCUT2D eigenvalue weighted by Crippen LogP contribution is 2.52. The highest BCUT2D eigenvalue weighted by Gasteiger charge is 2.28. The Morgan fingerprint density at radius 2 is 1.26 bits per heavy atom. The molecule has 18 heteroatoms. The van der Waals surface area contributed by atoms with Crippen LogP contribution in [0.3, 0.4) is 0 Å². The fourth-order valence-corrected chi connectivity index (χ4v) is 6.29. The molecule has 4 rings (SSSR count). The zero-order valence-corrected chi connectivity index (χ0v) is 32.5. The normalized spacial score (nSPS) is 12.0. The van der Waals surface area contributed by atoms with Crippen molar-refractivity contribution in [2.45, 2.75) is 33.0 Å². The third-order valence-electron chi connectivity index (χ3n) is 6.78. The average Bonchev–Trinajstić information content (AvgIpc) is 3.01. The van der Waals surface area contributed by atoms with Gasteiger partial charge in [0, 0.05) is 11.1 Å². The Labute approximate surface area is 309 Å². The van der Waals surface area contributed by atoms with Crippen LogP contribution in [0.5, 0.6) is 34.5 Å². The van der Waals surface area contributed by atoms with Crippen molar-refractivity contribution in [1.82, 2.24) is 0 Å². The number of anilines is 1. The highest BCUT2D eigenvalue weighted by atomic mass is 32.2. The van der Waals surface area contributed by atoms with Gasteiger partial charge < -0.3 is 31.5 Å². The summed E-state index contributed by atoms with van der Waals surface area (Å²) in [4.78, 5) is 12.5. The number of ether oxygens (including phenoxy) is 4. The number of carbonyl (C=O) groups excluding carboxylic acids is 1. The first kappa shape index (κ1) is 40.6. The van der Waals surface area contributed by atoms with E-state index in [0.717, 1.165) is 18.8 Å². The molecule has 15 nitrogen and oxygen atoms in total. The van der Waals surface area contributed by atoms with E-state index in [1.165, 1.54) is 62.8 Å². The van der Waals surface area contributed by atoms with Crippen LogP contribution < -0.4 is 32.1 Å². The summed E-state index contributed by atoms with van der Waals surface area (Å²) in [6, 6.07) is 18.3. The number of methoxy groups -OCH3 is 2. The van der Waals surface area contributed by atoms with Crippen LogP contribution in [0, 0.1) is 0 Å². The summed E-state index contributed by atoms with van der Waals surface area (Å²) in [7, 11) is -9.53. The second-order valence-electron chi connectivity index (χ2n) is 12.5. The Hall–Kier alpha value is -5.20. The van der Waals surface area contributed by atoms with Crippen LogP contribution in [0.4, 0.5) is 10.5 Å². The molecule has 0 radical (unpaired) electrons. The number of para-hydroxylation sites is 1. The Balaban J connectivity index is 1.83. The van der Waals surface area contributed by atoms with E-state index >= 15 is 0 Å². The predicted molar refractivity (Wildman–Crippen MR) is 197 cm³/mol. The number of rotatable bonds is 14. The molecule has 0 saturated heterocycles. The Bertz CT molecular complexity index is 2320. The highest BCUT2D eigenvalue weighted by molar-refractivity contribution is 7.86. The van der Waals surface area contributed by atoms with Crippen molar-refractivity contribution in [3.8, 4) is 56.8 Å². The lowest BCUT2D eigenvalue weighted by Crippen LogP contribution is -2.27. The third kappa shape index (κ3) is 11.6. The summed E-state index contributed by atoms with van der Waals surface area (Å²) in [5, 5.41) is 2.68. The molecule has 0 unspecified atom stereocenters. The maximum absolute atomic E-state index is 12.6. The molecule has 1 N–H and O–H groups in total. The Kier molecular flexibility index (Phi) is 12.1. The van der Waals surface area contributed by atoms with Crippen molar-refractivity contribution in [3.05, 3.63) is 78.4 Å². The standard InChI is InChI=1S/C35H39NO14S3/c1-35(2,3)47-34(37)36-27-12-10-9-11-24(27)21-46-28-18-15-23(19-29(28)49-52(7,40)41)31-30(44-4)20-26(32(45-5)33(31)50-53(8,42)43)22-13-16-25(17-14-22)48-51(6,38)39/h9-20H,21H2,1-8H3,(H,36,37). The zero-order valence-electron chi connectivity index (χ0n) is 30.1. The van der Waals surface area contributed by atoms with Crippen LogP contribution >= 0.6 is 0 Å². The van der Waals surface area contributed by atoms with E-state index in [2.05, 4.69) is 5.32 Å².